The fraction of sp³-hybridized carbons (Fsp3) is 0.875. The molecule has 0 saturated heterocycles. The van der Waals surface area contributed by atoms with E-state index in [0.29, 0.717) is 25.9 Å². The van der Waals surface area contributed by atoms with E-state index >= 15 is 0 Å². The van der Waals surface area contributed by atoms with Crippen LogP contribution in [0.1, 0.15) is 25.7 Å². The lowest BCUT2D eigenvalue weighted by molar-refractivity contribution is -0.121. The number of rotatable bonds is 7. The molecule has 4 N–H and O–H groups in total. The smallest absolute Gasteiger partial charge is 0.219 e. The first kappa shape index (κ1) is 11.4. The van der Waals surface area contributed by atoms with Gasteiger partial charge in [0.1, 0.15) is 0 Å². The van der Waals surface area contributed by atoms with Crippen LogP contribution in [0, 0.1) is 0 Å². The number of nitrogens with two attached hydrogens (primary N) is 1. The van der Waals surface area contributed by atoms with Gasteiger partial charge in [0.25, 0.3) is 0 Å². The Morgan fingerprint density at radius 2 is 2.08 bits per heavy atom. The van der Waals surface area contributed by atoms with Crippen molar-refractivity contribution in [1.82, 2.24) is 5.32 Å². The molecule has 0 rings (SSSR count). The van der Waals surface area contributed by atoms with E-state index in [0.717, 1.165) is 12.8 Å². The summed E-state index contributed by atoms with van der Waals surface area (Å²) in [6.45, 7) is 1.34. The van der Waals surface area contributed by atoms with E-state index in [9.17, 15) is 4.79 Å². The van der Waals surface area contributed by atoms with E-state index in [1.165, 1.54) is 0 Å². The molecule has 72 valence electrons. The maximum atomic E-state index is 11.0. The Bertz CT molecular complexity index is 106. The van der Waals surface area contributed by atoms with Gasteiger partial charge >= 0.3 is 0 Å². The van der Waals surface area contributed by atoms with Crippen molar-refractivity contribution in [1.29, 1.82) is 0 Å². The summed E-state index contributed by atoms with van der Waals surface area (Å²) >= 11 is 0. The maximum Gasteiger partial charge on any atom is 0.219 e. The lowest BCUT2D eigenvalue weighted by Crippen LogP contribution is -2.24. The minimum atomic E-state index is 0.0527. The zero-order valence-electron chi connectivity index (χ0n) is 7.38. The van der Waals surface area contributed by atoms with Crippen molar-refractivity contribution in [3.8, 4) is 0 Å². The highest BCUT2D eigenvalue weighted by molar-refractivity contribution is 5.75. The van der Waals surface area contributed by atoms with Gasteiger partial charge in [0.2, 0.25) is 5.91 Å². The highest BCUT2D eigenvalue weighted by atomic mass is 16.3. The molecule has 12 heavy (non-hydrogen) atoms. The molecule has 0 saturated carbocycles. The van der Waals surface area contributed by atoms with Crippen LogP contribution in [-0.2, 0) is 4.79 Å². The van der Waals surface area contributed by atoms with Crippen molar-refractivity contribution in [3.63, 3.8) is 0 Å². The third-order valence-electron chi connectivity index (χ3n) is 1.52. The Labute approximate surface area is 73.1 Å². The fourth-order valence-electron chi connectivity index (χ4n) is 0.825. The third kappa shape index (κ3) is 7.50. The lowest BCUT2D eigenvalue weighted by Gasteiger charge is -2.02. The summed E-state index contributed by atoms with van der Waals surface area (Å²) in [5.41, 5.74) is 5.27. The summed E-state index contributed by atoms with van der Waals surface area (Å²) in [6, 6.07) is 0. The molecule has 4 nitrogen and oxygen atoms in total. The summed E-state index contributed by atoms with van der Waals surface area (Å²) in [5.74, 6) is 0.0527. The van der Waals surface area contributed by atoms with Crippen LogP contribution in [0.2, 0.25) is 0 Å². The number of hydrogen-bond acceptors (Lipinski definition) is 3. The SMILES string of the molecule is NCCCCC(=O)NCCCO. The fourth-order valence-corrected chi connectivity index (χ4v) is 0.825. The standard InChI is InChI=1S/C8H18N2O2/c9-5-2-1-4-8(12)10-6-3-7-11/h11H,1-7,9H2,(H,10,12). The molecule has 0 aliphatic carbocycles. The first-order valence-corrected chi connectivity index (χ1v) is 4.39. The second-order valence-corrected chi connectivity index (χ2v) is 2.67. The van der Waals surface area contributed by atoms with Gasteiger partial charge in [-0.25, -0.2) is 0 Å². The Kier molecular flexibility index (Phi) is 8.05. The van der Waals surface area contributed by atoms with E-state index in [1.54, 1.807) is 0 Å². The van der Waals surface area contributed by atoms with Gasteiger partial charge in [-0.3, -0.25) is 4.79 Å². The van der Waals surface area contributed by atoms with Crippen LogP contribution in [0.3, 0.4) is 0 Å². The third-order valence-corrected chi connectivity index (χ3v) is 1.52. The first-order chi connectivity index (χ1) is 5.81. The number of hydrogen-bond donors (Lipinski definition) is 3. The van der Waals surface area contributed by atoms with Crippen LogP contribution in [-0.4, -0.2) is 30.7 Å². The van der Waals surface area contributed by atoms with Gasteiger partial charge in [-0.05, 0) is 25.8 Å². The van der Waals surface area contributed by atoms with E-state index in [-0.39, 0.29) is 12.5 Å². The monoisotopic (exact) mass is 174 g/mol. The molecule has 0 aromatic rings. The highest BCUT2D eigenvalue weighted by Gasteiger charge is 1.98. The topological polar surface area (TPSA) is 75.4 Å². The predicted octanol–water partition coefficient (Wildman–Crippen LogP) is -0.386. The molecular weight excluding hydrogens is 156 g/mol. The quantitative estimate of drug-likeness (QED) is 0.460. The van der Waals surface area contributed by atoms with Gasteiger partial charge in [-0.2, -0.15) is 0 Å². The summed E-state index contributed by atoms with van der Waals surface area (Å²) in [5, 5.41) is 11.1. The zero-order valence-corrected chi connectivity index (χ0v) is 7.38. The van der Waals surface area contributed by atoms with Gasteiger partial charge in [0.05, 0.1) is 0 Å². The molecule has 0 bridgehead atoms. The minimum Gasteiger partial charge on any atom is -0.396 e. The van der Waals surface area contributed by atoms with Crippen LogP contribution < -0.4 is 11.1 Å². The van der Waals surface area contributed by atoms with Gasteiger partial charge in [0.15, 0.2) is 0 Å². The molecule has 0 aliphatic heterocycles. The molecule has 0 unspecified atom stereocenters. The second kappa shape index (κ2) is 8.49. The summed E-state index contributed by atoms with van der Waals surface area (Å²) in [6.07, 6.45) is 2.92. The van der Waals surface area contributed by atoms with Crippen molar-refractivity contribution >= 4 is 5.91 Å². The first-order valence-electron chi connectivity index (χ1n) is 4.39. The van der Waals surface area contributed by atoms with Crippen LogP contribution in [0.4, 0.5) is 0 Å². The van der Waals surface area contributed by atoms with Crippen LogP contribution in [0.5, 0.6) is 0 Å². The van der Waals surface area contributed by atoms with Crippen molar-refractivity contribution in [2.45, 2.75) is 25.7 Å². The molecule has 0 heterocycles. The predicted molar refractivity (Wildman–Crippen MR) is 47.6 cm³/mol. The van der Waals surface area contributed by atoms with Crippen molar-refractivity contribution in [2.24, 2.45) is 5.73 Å². The number of aliphatic hydroxyl groups excluding tert-OH is 1. The molecular formula is C8H18N2O2. The van der Waals surface area contributed by atoms with Crippen LogP contribution in [0.25, 0.3) is 0 Å². The number of amides is 1. The van der Waals surface area contributed by atoms with E-state index in [2.05, 4.69) is 5.32 Å². The van der Waals surface area contributed by atoms with Gasteiger partial charge < -0.3 is 16.2 Å². The van der Waals surface area contributed by atoms with Crippen LogP contribution in [0.15, 0.2) is 0 Å². The maximum absolute atomic E-state index is 11.0. The number of unbranched alkanes of at least 4 members (excludes halogenated alkanes) is 1. The van der Waals surface area contributed by atoms with Gasteiger partial charge in [0, 0.05) is 19.6 Å². The molecule has 0 spiro atoms. The molecule has 4 heteroatoms. The Morgan fingerprint density at radius 1 is 1.33 bits per heavy atom. The largest absolute Gasteiger partial charge is 0.396 e. The van der Waals surface area contributed by atoms with Crippen molar-refractivity contribution < 1.29 is 9.90 Å². The van der Waals surface area contributed by atoms with Gasteiger partial charge in [-0.15, -0.1) is 0 Å². The van der Waals surface area contributed by atoms with E-state index < -0.39 is 0 Å². The molecule has 0 aromatic heterocycles. The second-order valence-electron chi connectivity index (χ2n) is 2.67. The normalized spacial score (nSPS) is 9.83. The average Bonchev–Trinajstić information content (AvgIpc) is 2.06. The molecule has 0 aliphatic rings. The summed E-state index contributed by atoms with van der Waals surface area (Å²) in [4.78, 5) is 11.0. The highest BCUT2D eigenvalue weighted by Crippen LogP contribution is 1.92. The van der Waals surface area contributed by atoms with Gasteiger partial charge in [-0.1, -0.05) is 0 Å². The molecule has 1 amide bonds. The number of nitrogens with one attached hydrogen (secondary N) is 1. The molecule has 0 aromatic carbocycles. The van der Waals surface area contributed by atoms with E-state index in [1.807, 2.05) is 0 Å². The number of carbonyl (C=O) groups is 1. The summed E-state index contributed by atoms with van der Waals surface area (Å²) < 4.78 is 0. The lowest BCUT2D eigenvalue weighted by atomic mass is 10.2. The zero-order chi connectivity index (χ0) is 9.23. The molecule has 0 atom stereocenters. The minimum absolute atomic E-state index is 0.0527. The van der Waals surface area contributed by atoms with Crippen molar-refractivity contribution in [2.75, 3.05) is 19.7 Å². The Hall–Kier alpha value is -0.610. The number of carbonyl (C=O) groups excluding carboxylic acids is 1. The summed E-state index contributed by atoms with van der Waals surface area (Å²) in [7, 11) is 0. The number of aliphatic hydroxyl groups is 1. The molecule has 0 fully saturated rings. The van der Waals surface area contributed by atoms with E-state index in [4.69, 9.17) is 10.8 Å². The van der Waals surface area contributed by atoms with Crippen molar-refractivity contribution in [3.05, 3.63) is 0 Å². The Morgan fingerprint density at radius 3 is 2.67 bits per heavy atom. The Balaban J connectivity index is 3.10. The van der Waals surface area contributed by atoms with Crippen LogP contribution >= 0.6 is 0 Å². The average molecular weight is 174 g/mol. The molecule has 0 radical (unpaired) electrons.